The summed E-state index contributed by atoms with van der Waals surface area (Å²) in [5.41, 5.74) is 1.68. The zero-order chi connectivity index (χ0) is 19.6. The lowest BCUT2D eigenvalue weighted by Gasteiger charge is -2.07. The molecular weight excluding hydrogens is 396 g/mol. The highest BCUT2D eigenvalue weighted by Crippen LogP contribution is 2.22. The molecule has 1 heterocycles. The molecule has 0 unspecified atom stereocenters. The Kier molecular flexibility index (Phi) is 5.38. The summed E-state index contributed by atoms with van der Waals surface area (Å²) in [4.78, 5) is 23.3. The molecule has 0 aliphatic heterocycles. The van der Waals surface area contributed by atoms with Gasteiger partial charge in [0.15, 0.2) is 5.69 Å². The highest BCUT2D eigenvalue weighted by Gasteiger charge is 2.14. The fourth-order valence-electron chi connectivity index (χ4n) is 2.27. The second kappa shape index (κ2) is 7.73. The number of halogens is 3. The normalized spacial score (nSPS) is 10.5. The van der Waals surface area contributed by atoms with E-state index in [4.69, 9.17) is 23.2 Å². The number of aryl methyl sites for hydroxylation is 1. The first-order valence-electron chi connectivity index (χ1n) is 7.60. The van der Waals surface area contributed by atoms with Crippen molar-refractivity contribution in [2.45, 2.75) is 6.92 Å². The van der Waals surface area contributed by atoms with Gasteiger partial charge in [0.1, 0.15) is 5.82 Å². The van der Waals surface area contributed by atoms with E-state index in [1.54, 1.807) is 18.2 Å². The SMILES string of the molecule is Cc1ccc(Cl)cc1NC(=O)c1cn(-c2ccc(F)c(NC(=O)Cl)c2)nn1. The molecule has 10 heteroatoms. The van der Waals surface area contributed by atoms with Gasteiger partial charge in [-0.15, -0.1) is 5.10 Å². The lowest BCUT2D eigenvalue weighted by atomic mass is 10.2. The molecule has 0 spiro atoms. The molecule has 3 rings (SSSR count). The predicted molar refractivity (Wildman–Crippen MR) is 100 cm³/mol. The molecule has 0 atom stereocenters. The molecule has 0 saturated carbocycles. The number of nitrogens with zero attached hydrogens (tertiary/aromatic N) is 3. The van der Waals surface area contributed by atoms with Gasteiger partial charge < -0.3 is 10.6 Å². The Morgan fingerprint density at radius 3 is 2.63 bits per heavy atom. The number of amides is 2. The fraction of sp³-hybridized carbons (Fsp3) is 0.0588. The molecule has 0 fully saturated rings. The van der Waals surface area contributed by atoms with Gasteiger partial charge in [0, 0.05) is 10.7 Å². The molecule has 2 aromatic carbocycles. The van der Waals surface area contributed by atoms with E-state index in [0.29, 0.717) is 16.4 Å². The van der Waals surface area contributed by atoms with Crippen LogP contribution >= 0.6 is 23.2 Å². The number of carbonyl (C=O) groups excluding carboxylic acids is 2. The fourth-order valence-corrected chi connectivity index (χ4v) is 2.54. The van der Waals surface area contributed by atoms with Crippen molar-refractivity contribution in [3.63, 3.8) is 0 Å². The Labute approximate surface area is 163 Å². The van der Waals surface area contributed by atoms with E-state index >= 15 is 0 Å². The summed E-state index contributed by atoms with van der Waals surface area (Å²) in [6, 6.07) is 8.98. The maximum atomic E-state index is 13.7. The Balaban J connectivity index is 1.83. The van der Waals surface area contributed by atoms with Gasteiger partial charge in [0.2, 0.25) is 0 Å². The number of nitrogens with one attached hydrogen (secondary N) is 2. The van der Waals surface area contributed by atoms with E-state index in [1.807, 2.05) is 6.92 Å². The summed E-state index contributed by atoms with van der Waals surface area (Å²) in [6.07, 6.45) is 1.37. The molecule has 2 amide bonds. The van der Waals surface area contributed by atoms with Crippen molar-refractivity contribution in [2.75, 3.05) is 10.6 Å². The second-order valence-electron chi connectivity index (χ2n) is 5.52. The zero-order valence-corrected chi connectivity index (χ0v) is 15.3. The van der Waals surface area contributed by atoms with Crippen LogP contribution in [0.5, 0.6) is 0 Å². The Hall–Kier alpha value is -2.97. The maximum absolute atomic E-state index is 13.7. The third-order valence-corrected chi connectivity index (χ3v) is 3.95. The maximum Gasteiger partial charge on any atom is 0.318 e. The number of hydrogen-bond acceptors (Lipinski definition) is 4. The smallest absolute Gasteiger partial charge is 0.318 e. The monoisotopic (exact) mass is 407 g/mol. The van der Waals surface area contributed by atoms with Crippen molar-refractivity contribution in [2.24, 2.45) is 0 Å². The lowest BCUT2D eigenvalue weighted by molar-refractivity contribution is 0.102. The number of benzene rings is 2. The van der Waals surface area contributed by atoms with E-state index in [1.165, 1.54) is 23.0 Å². The van der Waals surface area contributed by atoms with Gasteiger partial charge in [0.05, 0.1) is 17.6 Å². The molecule has 7 nitrogen and oxygen atoms in total. The highest BCUT2D eigenvalue weighted by molar-refractivity contribution is 6.65. The van der Waals surface area contributed by atoms with E-state index in [-0.39, 0.29) is 11.4 Å². The number of aromatic nitrogens is 3. The first kappa shape index (κ1) is 18.8. The van der Waals surface area contributed by atoms with Crippen LogP contribution in [0.25, 0.3) is 5.69 Å². The van der Waals surface area contributed by atoms with Crippen LogP contribution in [0, 0.1) is 12.7 Å². The van der Waals surface area contributed by atoms with Crippen molar-refractivity contribution in [1.29, 1.82) is 0 Å². The van der Waals surface area contributed by atoms with Crippen LogP contribution in [0.1, 0.15) is 16.1 Å². The van der Waals surface area contributed by atoms with Gasteiger partial charge in [0.25, 0.3) is 5.91 Å². The minimum Gasteiger partial charge on any atom is -0.320 e. The Morgan fingerprint density at radius 1 is 1.11 bits per heavy atom. The molecule has 0 bridgehead atoms. The standard InChI is InChI=1S/C17H12Cl2FN5O2/c1-9-2-3-10(18)6-13(9)21-16(26)15-8-25(24-23-15)11-4-5-12(20)14(7-11)22-17(19)27/h2-8H,1H3,(H,21,26)(H,22,27). The van der Waals surface area contributed by atoms with Crippen LogP contribution in [-0.4, -0.2) is 26.3 Å². The number of carbonyl (C=O) groups is 2. The molecule has 3 aromatic rings. The topological polar surface area (TPSA) is 88.9 Å². The summed E-state index contributed by atoms with van der Waals surface area (Å²) in [5, 5.41) is 12.1. The first-order valence-corrected chi connectivity index (χ1v) is 8.35. The average Bonchev–Trinajstić information content (AvgIpc) is 3.10. The summed E-state index contributed by atoms with van der Waals surface area (Å²) in [5.74, 6) is -1.15. The van der Waals surface area contributed by atoms with Crippen molar-refractivity contribution in [3.8, 4) is 5.69 Å². The number of anilines is 2. The molecule has 0 aliphatic rings. The van der Waals surface area contributed by atoms with Crippen LogP contribution in [0.4, 0.5) is 20.6 Å². The molecule has 27 heavy (non-hydrogen) atoms. The lowest BCUT2D eigenvalue weighted by Crippen LogP contribution is -2.13. The Bertz CT molecular complexity index is 1040. The largest absolute Gasteiger partial charge is 0.320 e. The minimum absolute atomic E-state index is 0.0432. The summed E-state index contributed by atoms with van der Waals surface area (Å²) < 4.78 is 15.0. The number of hydrogen-bond donors (Lipinski definition) is 2. The molecule has 0 aliphatic carbocycles. The van der Waals surface area contributed by atoms with Crippen molar-refractivity contribution >= 4 is 45.9 Å². The summed E-state index contributed by atoms with van der Waals surface area (Å²) >= 11 is 11.2. The molecule has 1 aromatic heterocycles. The third kappa shape index (κ3) is 4.42. The molecule has 0 radical (unpaired) electrons. The summed E-state index contributed by atoms with van der Waals surface area (Å²) in [6.45, 7) is 1.83. The Morgan fingerprint density at radius 2 is 1.89 bits per heavy atom. The first-order chi connectivity index (χ1) is 12.8. The molecular formula is C17H12Cl2FN5O2. The second-order valence-corrected chi connectivity index (χ2v) is 6.30. The van der Waals surface area contributed by atoms with E-state index in [0.717, 1.165) is 11.6 Å². The quantitative estimate of drug-likeness (QED) is 0.495. The van der Waals surface area contributed by atoms with Crippen molar-refractivity contribution in [3.05, 3.63) is 64.7 Å². The minimum atomic E-state index is -0.929. The summed E-state index contributed by atoms with van der Waals surface area (Å²) in [7, 11) is 0. The van der Waals surface area contributed by atoms with Crippen LogP contribution < -0.4 is 10.6 Å². The third-order valence-electron chi connectivity index (χ3n) is 3.62. The molecule has 138 valence electrons. The van der Waals surface area contributed by atoms with Crippen LogP contribution in [0.15, 0.2) is 42.6 Å². The number of rotatable bonds is 4. The van der Waals surface area contributed by atoms with Gasteiger partial charge in [-0.2, -0.15) is 0 Å². The van der Waals surface area contributed by atoms with Crippen LogP contribution in [-0.2, 0) is 0 Å². The van der Waals surface area contributed by atoms with Crippen molar-refractivity contribution < 1.29 is 14.0 Å². The van der Waals surface area contributed by atoms with Gasteiger partial charge in [-0.3, -0.25) is 9.59 Å². The zero-order valence-electron chi connectivity index (χ0n) is 13.8. The van der Waals surface area contributed by atoms with Gasteiger partial charge in [-0.1, -0.05) is 22.9 Å². The van der Waals surface area contributed by atoms with Crippen LogP contribution in [0.3, 0.4) is 0 Å². The molecule has 0 saturated heterocycles. The molecule has 2 N–H and O–H groups in total. The van der Waals surface area contributed by atoms with Gasteiger partial charge >= 0.3 is 5.37 Å². The van der Waals surface area contributed by atoms with E-state index in [2.05, 4.69) is 20.9 Å². The van der Waals surface area contributed by atoms with Gasteiger partial charge in [-0.25, -0.2) is 9.07 Å². The van der Waals surface area contributed by atoms with Crippen molar-refractivity contribution in [1.82, 2.24) is 15.0 Å². The predicted octanol–water partition coefficient (Wildman–Crippen LogP) is 4.39. The van der Waals surface area contributed by atoms with E-state index in [9.17, 15) is 14.0 Å². The van der Waals surface area contributed by atoms with E-state index < -0.39 is 17.1 Å². The van der Waals surface area contributed by atoms with Crippen LogP contribution in [0.2, 0.25) is 5.02 Å². The average molecular weight is 408 g/mol. The van der Waals surface area contributed by atoms with Gasteiger partial charge in [-0.05, 0) is 54.4 Å². The highest BCUT2D eigenvalue weighted by atomic mass is 35.5.